The fourth-order valence-electron chi connectivity index (χ4n) is 2.31. The lowest BCUT2D eigenvalue weighted by atomic mass is 10.0. The first-order chi connectivity index (χ1) is 12.2. The van der Waals surface area contributed by atoms with E-state index in [1.165, 1.54) is 0 Å². The number of hydrogen-bond acceptors (Lipinski definition) is 3. The van der Waals surface area contributed by atoms with Crippen LogP contribution < -0.4 is 4.74 Å². The summed E-state index contributed by atoms with van der Waals surface area (Å²) in [6, 6.07) is 23.1. The number of nitrogens with zero attached hydrogens (tertiary/aromatic N) is 1. The van der Waals surface area contributed by atoms with Gasteiger partial charge in [-0.3, -0.25) is 4.79 Å². The predicted octanol–water partition coefficient (Wildman–Crippen LogP) is 5.02. The van der Waals surface area contributed by atoms with Crippen LogP contribution in [0.2, 0.25) is 5.02 Å². The first kappa shape index (κ1) is 16.8. The van der Waals surface area contributed by atoms with Crippen molar-refractivity contribution in [2.75, 3.05) is 0 Å². The summed E-state index contributed by atoms with van der Waals surface area (Å²) >= 11 is 5.84. The molecule has 0 amide bonds. The highest BCUT2D eigenvalue weighted by molar-refractivity contribution is 6.30. The molecule has 0 bridgehead atoms. The lowest BCUT2D eigenvalue weighted by Gasteiger charge is -2.07. The van der Waals surface area contributed by atoms with E-state index in [2.05, 4.69) is 6.07 Å². The van der Waals surface area contributed by atoms with Crippen molar-refractivity contribution < 1.29 is 9.53 Å². The highest BCUT2D eigenvalue weighted by Gasteiger charge is 2.09. The summed E-state index contributed by atoms with van der Waals surface area (Å²) in [5, 5.41) is 9.39. The molecule has 0 atom stereocenters. The molecule has 25 heavy (non-hydrogen) atoms. The Labute approximate surface area is 151 Å². The number of halogens is 1. The van der Waals surface area contributed by atoms with Crippen LogP contribution in [0.4, 0.5) is 0 Å². The van der Waals surface area contributed by atoms with Gasteiger partial charge in [-0.1, -0.05) is 23.7 Å². The van der Waals surface area contributed by atoms with Gasteiger partial charge in [-0.05, 0) is 66.2 Å². The van der Waals surface area contributed by atoms with Crippen molar-refractivity contribution in [1.82, 2.24) is 0 Å². The number of ketones is 1. The van der Waals surface area contributed by atoms with Gasteiger partial charge in [0.15, 0.2) is 5.78 Å². The van der Waals surface area contributed by atoms with E-state index in [1.54, 1.807) is 60.7 Å². The SMILES string of the molecule is N#Cc1ccc(COc2ccc(C(=O)c3ccc(Cl)cc3)cc2)cc1. The second kappa shape index (κ2) is 7.65. The van der Waals surface area contributed by atoms with Gasteiger partial charge < -0.3 is 4.74 Å². The average molecular weight is 348 g/mol. The minimum absolute atomic E-state index is 0.0599. The molecule has 0 N–H and O–H groups in total. The van der Waals surface area contributed by atoms with Gasteiger partial charge in [0.2, 0.25) is 0 Å². The van der Waals surface area contributed by atoms with Crippen LogP contribution in [0.3, 0.4) is 0 Å². The van der Waals surface area contributed by atoms with Gasteiger partial charge in [-0.2, -0.15) is 5.26 Å². The Kier molecular flexibility index (Phi) is 5.13. The molecule has 0 aliphatic carbocycles. The van der Waals surface area contributed by atoms with Gasteiger partial charge in [0.05, 0.1) is 11.6 Å². The Morgan fingerprint density at radius 3 is 2.00 bits per heavy atom. The van der Waals surface area contributed by atoms with Crippen molar-refractivity contribution in [2.24, 2.45) is 0 Å². The van der Waals surface area contributed by atoms with Crippen LogP contribution in [0, 0.1) is 11.3 Å². The molecular formula is C21H14ClNO2. The average Bonchev–Trinajstić information content (AvgIpc) is 2.67. The summed E-state index contributed by atoms with van der Waals surface area (Å²) in [4.78, 5) is 12.4. The molecule has 0 fully saturated rings. The fourth-order valence-corrected chi connectivity index (χ4v) is 2.44. The third kappa shape index (κ3) is 4.26. The largest absolute Gasteiger partial charge is 0.489 e. The Morgan fingerprint density at radius 1 is 0.880 bits per heavy atom. The number of nitriles is 1. The van der Waals surface area contributed by atoms with E-state index in [-0.39, 0.29) is 5.78 Å². The molecular weight excluding hydrogens is 334 g/mol. The van der Waals surface area contributed by atoms with E-state index >= 15 is 0 Å². The van der Waals surface area contributed by atoms with Crippen LogP contribution in [0.25, 0.3) is 0 Å². The highest BCUT2D eigenvalue weighted by atomic mass is 35.5. The summed E-state index contributed by atoms with van der Waals surface area (Å²) < 4.78 is 5.71. The molecule has 0 heterocycles. The maximum absolute atomic E-state index is 12.4. The number of rotatable bonds is 5. The van der Waals surface area contributed by atoms with Crippen molar-refractivity contribution in [2.45, 2.75) is 6.61 Å². The first-order valence-corrected chi connectivity index (χ1v) is 8.06. The summed E-state index contributed by atoms with van der Waals surface area (Å²) in [5.41, 5.74) is 2.78. The molecule has 0 aliphatic rings. The molecule has 122 valence electrons. The Hall–Kier alpha value is -3.09. The summed E-state index contributed by atoms with van der Waals surface area (Å²) in [6.07, 6.45) is 0. The van der Waals surface area contributed by atoms with Gasteiger partial charge in [-0.15, -0.1) is 0 Å². The number of ether oxygens (including phenoxy) is 1. The zero-order valence-electron chi connectivity index (χ0n) is 13.3. The Balaban J connectivity index is 1.64. The van der Waals surface area contributed by atoms with Crippen LogP contribution in [-0.4, -0.2) is 5.78 Å². The molecule has 3 rings (SSSR count). The van der Waals surface area contributed by atoms with Gasteiger partial charge in [0.25, 0.3) is 0 Å². The topological polar surface area (TPSA) is 50.1 Å². The molecule has 0 aliphatic heterocycles. The monoisotopic (exact) mass is 347 g/mol. The smallest absolute Gasteiger partial charge is 0.193 e. The minimum atomic E-state index is -0.0599. The third-order valence-corrected chi connectivity index (χ3v) is 3.96. The number of benzene rings is 3. The molecule has 3 nitrogen and oxygen atoms in total. The number of carbonyl (C=O) groups is 1. The van der Waals surface area contributed by atoms with E-state index in [9.17, 15) is 4.79 Å². The fraction of sp³-hybridized carbons (Fsp3) is 0.0476. The van der Waals surface area contributed by atoms with Crippen LogP contribution >= 0.6 is 11.6 Å². The minimum Gasteiger partial charge on any atom is -0.489 e. The second-order valence-corrected chi connectivity index (χ2v) is 5.89. The van der Waals surface area contributed by atoms with Crippen molar-refractivity contribution in [3.8, 4) is 11.8 Å². The maximum atomic E-state index is 12.4. The first-order valence-electron chi connectivity index (χ1n) is 7.68. The maximum Gasteiger partial charge on any atom is 0.193 e. The van der Waals surface area contributed by atoms with Crippen molar-refractivity contribution >= 4 is 17.4 Å². The molecule has 0 radical (unpaired) electrons. The quantitative estimate of drug-likeness (QED) is 0.609. The van der Waals surface area contributed by atoms with Gasteiger partial charge >= 0.3 is 0 Å². The van der Waals surface area contributed by atoms with Crippen molar-refractivity contribution in [3.05, 3.63) is 100 Å². The van der Waals surface area contributed by atoms with Crippen molar-refractivity contribution in [1.29, 1.82) is 5.26 Å². The molecule has 0 saturated heterocycles. The summed E-state index contributed by atoms with van der Waals surface area (Å²) in [6.45, 7) is 0.399. The highest BCUT2D eigenvalue weighted by Crippen LogP contribution is 2.18. The normalized spacial score (nSPS) is 10.1. The zero-order chi connectivity index (χ0) is 17.6. The Bertz CT molecular complexity index is 908. The van der Waals surface area contributed by atoms with E-state index in [0.29, 0.717) is 34.1 Å². The second-order valence-electron chi connectivity index (χ2n) is 5.46. The summed E-state index contributed by atoms with van der Waals surface area (Å²) in [7, 11) is 0. The molecule has 0 spiro atoms. The molecule has 3 aromatic rings. The third-order valence-electron chi connectivity index (χ3n) is 3.71. The van der Waals surface area contributed by atoms with Crippen LogP contribution in [0.1, 0.15) is 27.0 Å². The zero-order valence-corrected chi connectivity index (χ0v) is 14.0. The predicted molar refractivity (Wildman–Crippen MR) is 96.8 cm³/mol. The van der Waals surface area contributed by atoms with E-state index in [4.69, 9.17) is 21.6 Å². The number of carbonyl (C=O) groups excluding carboxylic acids is 1. The molecule has 0 unspecified atom stereocenters. The standard InChI is InChI=1S/C21H14ClNO2/c22-19-9-5-17(6-10-19)21(24)18-7-11-20(12-8-18)25-14-16-3-1-15(13-23)2-4-16/h1-12H,14H2. The molecule has 0 aromatic heterocycles. The van der Waals surface area contributed by atoms with Crippen LogP contribution in [0.15, 0.2) is 72.8 Å². The van der Waals surface area contributed by atoms with E-state index in [1.807, 2.05) is 12.1 Å². The van der Waals surface area contributed by atoms with Gasteiger partial charge in [0, 0.05) is 16.1 Å². The lowest BCUT2D eigenvalue weighted by Crippen LogP contribution is -2.01. The molecule has 4 heteroatoms. The molecule has 3 aromatic carbocycles. The van der Waals surface area contributed by atoms with Crippen LogP contribution in [-0.2, 0) is 6.61 Å². The van der Waals surface area contributed by atoms with E-state index in [0.717, 1.165) is 5.56 Å². The lowest BCUT2D eigenvalue weighted by molar-refractivity contribution is 0.103. The number of hydrogen-bond donors (Lipinski definition) is 0. The van der Waals surface area contributed by atoms with Crippen LogP contribution in [0.5, 0.6) is 5.75 Å². The van der Waals surface area contributed by atoms with Gasteiger partial charge in [-0.25, -0.2) is 0 Å². The summed E-state index contributed by atoms with van der Waals surface area (Å²) in [5.74, 6) is 0.618. The van der Waals surface area contributed by atoms with E-state index < -0.39 is 0 Å². The Morgan fingerprint density at radius 2 is 1.44 bits per heavy atom. The van der Waals surface area contributed by atoms with Crippen molar-refractivity contribution in [3.63, 3.8) is 0 Å². The van der Waals surface area contributed by atoms with Gasteiger partial charge in [0.1, 0.15) is 12.4 Å². The molecule has 0 saturated carbocycles.